The van der Waals surface area contributed by atoms with Gasteiger partial charge in [0.25, 0.3) is 0 Å². The van der Waals surface area contributed by atoms with Crippen LogP contribution in [0.25, 0.3) is 0 Å². The van der Waals surface area contributed by atoms with Gasteiger partial charge in [-0.15, -0.1) is 0 Å². The number of hydrogen-bond donors (Lipinski definition) is 0. The number of carbonyl (C=O) groups excluding carboxylic acids is 3. The zero-order chi connectivity index (χ0) is 23.4. The van der Waals surface area contributed by atoms with E-state index in [1.54, 1.807) is 0 Å². The Morgan fingerprint density at radius 3 is 2.45 bits per heavy atom. The van der Waals surface area contributed by atoms with Gasteiger partial charge < -0.3 is 14.4 Å². The molecule has 2 amide bonds. The Morgan fingerprint density at radius 1 is 1.00 bits per heavy atom. The zero-order valence-electron chi connectivity index (χ0n) is 19.4. The molecule has 2 aromatic rings. The third-order valence-corrected chi connectivity index (χ3v) is 6.87. The standard InChI is InChI=1S/C27H32N2O4/c1-3-28(25(31)17-16-19(2)30)26-21-12-7-8-14-23(21)29(24-15-9-13-22(24)26)27(32)33-18-20-10-5-4-6-11-20/h4-8,10-12,14,22,24,26H,3,9,13,15-18H2,1-2H3. The van der Waals surface area contributed by atoms with Gasteiger partial charge in [0.2, 0.25) is 5.91 Å². The van der Waals surface area contributed by atoms with E-state index in [4.69, 9.17) is 4.74 Å². The van der Waals surface area contributed by atoms with E-state index in [-0.39, 0.29) is 55.2 Å². The van der Waals surface area contributed by atoms with Gasteiger partial charge in [-0.1, -0.05) is 55.0 Å². The fourth-order valence-electron chi connectivity index (χ4n) is 5.40. The molecule has 174 valence electrons. The predicted molar refractivity (Wildman–Crippen MR) is 127 cm³/mol. The fourth-order valence-corrected chi connectivity index (χ4v) is 5.40. The van der Waals surface area contributed by atoms with Crippen LogP contribution in [0, 0.1) is 5.92 Å². The maximum atomic E-state index is 13.3. The zero-order valence-corrected chi connectivity index (χ0v) is 19.4. The molecular formula is C27H32N2O4. The van der Waals surface area contributed by atoms with Crippen molar-refractivity contribution in [1.29, 1.82) is 0 Å². The van der Waals surface area contributed by atoms with Crippen molar-refractivity contribution in [2.24, 2.45) is 5.92 Å². The van der Waals surface area contributed by atoms with Crippen LogP contribution in [-0.4, -0.2) is 35.3 Å². The lowest BCUT2D eigenvalue weighted by atomic mass is 9.81. The first-order valence-electron chi connectivity index (χ1n) is 11.9. The van der Waals surface area contributed by atoms with Crippen molar-refractivity contribution in [1.82, 2.24) is 4.90 Å². The van der Waals surface area contributed by atoms with Gasteiger partial charge in [-0.2, -0.15) is 0 Å². The summed E-state index contributed by atoms with van der Waals surface area (Å²) >= 11 is 0. The summed E-state index contributed by atoms with van der Waals surface area (Å²) in [5.74, 6) is 0.165. The first kappa shape index (κ1) is 23.0. The third-order valence-electron chi connectivity index (χ3n) is 6.87. The van der Waals surface area contributed by atoms with Gasteiger partial charge in [-0.3, -0.25) is 9.69 Å². The molecule has 1 heterocycles. The van der Waals surface area contributed by atoms with Crippen molar-refractivity contribution in [3.8, 4) is 0 Å². The van der Waals surface area contributed by atoms with Crippen LogP contribution in [0.3, 0.4) is 0 Å². The third kappa shape index (κ3) is 4.80. The van der Waals surface area contributed by atoms with Gasteiger partial charge in [-0.25, -0.2) is 4.79 Å². The molecule has 33 heavy (non-hydrogen) atoms. The number of hydrogen-bond acceptors (Lipinski definition) is 4. The molecule has 6 nitrogen and oxygen atoms in total. The molecule has 0 bridgehead atoms. The second-order valence-corrected chi connectivity index (χ2v) is 8.96. The molecule has 6 heteroatoms. The molecule has 4 rings (SSSR count). The van der Waals surface area contributed by atoms with Crippen LogP contribution in [0.5, 0.6) is 0 Å². The predicted octanol–water partition coefficient (Wildman–Crippen LogP) is 5.27. The highest BCUT2D eigenvalue weighted by molar-refractivity contribution is 5.91. The van der Waals surface area contributed by atoms with Crippen molar-refractivity contribution in [3.05, 3.63) is 65.7 Å². The SMILES string of the molecule is CCN(C(=O)CCC(C)=O)C1c2ccccc2N(C(=O)OCc2ccccc2)C2CCCC12. The van der Waals surface area contributed by atoms with Crippen molar-refractivity contribution in [2.45, 2.75) is 64.6 Å². The first-order valence-corrected chi connectivity index (χ1v) is 11.9. The minimum absolute atomic E-state index is 0.00161. The van der Waals surface area contributed by atoms with Crippen molar-refractivity contribution in [3.63, 3.8) is 0 Å². The lowest BCUT2D eigenvalue weighted by Crippen LogP contribution is -2.52. The van der Waals surface area contributed by atoms with E-state index < -0.39 is 0 Å². The number of anilines is 1. The first-order chi connectivity index (χ1) is 16.0. The van der Waals surface area contributed by atoms with Gasteiger partial charge in [-0.05, 0) is 43.9 Å². The van der Waals surface area contributed by atoms with Crippen molar-refractivity contribution < 1.29 is 19.1 Å². The number of carbonyl (C=O) groups is 3. The highest BCUT2D eigenvalue weighted by Crippen LogP contribution is 2.50. The Bertz CT molecular complexity index is 1010. The Morgan fingerprint density at radius 2 is 1.73 bits per heavy atom. The van der Waals surface area contributed by atoms with E-state index in [1.165, 1.54) is 6.92 Å². The summed E-state index contributed by atoms with van der Waals surface area (Å²) in [5.41, 5.74) is 2.75. The monoisotopic (exact) mass is 448 g/mol. The number of ether oxygens (including phenoxy) is 1. The Hall–Kier alpha value is -3.15. The van der Waals surface area contributed by atoms with E-state index in [9.17, 15) is 14.4 Å². The Kier molecular flexibility index (Phi) is 7.11. The molecule has 0 spiro atoms. The Labute approximate surface area is 195 Å². The maximum Gasteiger partial charge on any atom is 0.414 e. The molecule has 1 aliphatic carbocycles. The summed E-state index contributed by atoms with van der Waals surface area (Å²) in [6.45, 7) is 4.30. The molecule has 1 aliphatic heterocycles. The largest absolute Gasteiger partial charge is 0.444 e. The molecule has 0 radical (unpaired) electrons. The fraction of sp³-hybridized carbons (Fsp3) is 0.444. The van der Waals surface area contributed by atoms with Crippen molar-refractivity contribution in [2.75, 3.05) is 11.4 Å². The average Bonchev–Trinajstić information content (AvgIpc) is 3.31. The number of amides is 2. The number of nitrogens with zero attached hydrogens (tertiary/aromatic N) is 2. The van der Waals surface area contributed by atoms with Crippen LogP contribution in [0.2, 0.25) is 0 Å². The lowest BCUT2D eigenvalue weighted by Gasteiger charge is -2.47. The van der Waals surface area contributed by atoms with E-state index in [1.807, 2.05) is 71.3 Å². The van der Waals surface area contributed by atoms with Crippen LogP contribution < -0.4 is 4.90 Å². The summed E-state index contributed by atoms with van der Waals surface area (Å²) in [6, 6.07) is 17.4. The number of benzene rings is 2. The molecule has 1 saturated carbocycles. The van der Waals surface area contributed by atoms with E-state index >= 15 is 0 Å². The second kappa shape index (κ2) is 10.2. The van der Waals surface area contributed by atoms with E-state index in [0.717, 1.165) is 36.1 Å². The highest BCUT2D eigenvalue weighted by atomic mass is 16.6. The Balaban J connectivity index is 1.63. The molecule has 2 aliphatic rings. The van der Waals surface area contributed by atoms with Gasteiger partial charge in [0, 0.05) is 31.3 Å². The normalized spacial score (nSPS) is 21.2. The number of Topliss-reactive ketones (excluding diaryl/α,β-unsaturated/α-hetero) is 1. The van der Waals surface area contributed by atoms with Crippen LogP contribution in [0.1, 0.15) is 63.1 Å². The van der Waals surface area contributed by atoms with Gasteiger partial charge in [0.05, 0.1) is 11.7 Å². The van der Waals surface area contributed by atoms with Gasteiger partial charge in [0.15, 0.2) is 0 Å². The van der Waals surface area contributed by atoms with Crippen molar-refractivity contribution >= 4 is 23.5 Å². The van der Waals surface area contributed by atoms with E-state index in [0.29, 0.717) is 6.54 Å². The number of fused-ring (bicyclic) bond motifs is 2. The topological polar surface area (TPSA) is 66.9 Å². The second-order valence-electron chi connectivity index (χ2n) is 8.96. The summed E-state index contributed by atoms with van der Waals surface area (Å²) in [6.07, 6.45) is 2.98. The quantitative estimate of drug-likeness (QED) is 0.579. The van der Waals surface area contributed by atoms with Crippen LogP contribution in [0.4, 0.5) is 10.5 Å². The number of rotatable bonds is 7. The minimum Gasteiger partial charge on any atom is -0.444 e. The highest BCUT2D eigenvalue weighted by Gasteiger charge is 2.48. The smallest absolute Gasteiger partial charge is 0.414 e. The molecule has 3 atom stereocenters. The van der Waals surface area contributed by atoms with Crippen LogP contribution >= 0.6 is 0 Å². The van der Waals surface area contributed by atoms with E-state index in [2.05, 4.69) is 0 Å². The number of ketones is 1. The lowest BCUT2D eigenvalue weighted by molar-refractivity contribution is -0.136. The minimum atomic E-state index is -0.340. The average molecular weight is 449 g/mol. The summed E-state index contributed by atoms with van der Waals surface area (Å²) in [5, 5.41) is 0. The molecular weight excluding hydrogens is 416 g/mol. The molecule has 0 saturated heterocycles. The van der Waals surface area contributed by atoms with Gasteiger partial charge >= 0.3 is 6.09 Å². The number of para-hydroxylation sites is 1. The maximum absolute atomic E-state index is 13.3. The summed E-state index contributed by atoms with van der Waals surface area (Å²) in [4.78, 5) is 41.6. The molecule has 0 N–H and O–H groups in total. The molecule has 0 aromatic heterocycles. The molecule has 1 fully saturated rings. The van der Waals surface area contributed by atoms with Crippen LogP contribution in [-0.2, 0) is 20.9 Å². The van der Waals surface area contributed by atoms with Crippen LogP contribution in [0.15, 0.2) is 54.6 Å². The van der Waals surface area contributed by atoms with Gasteiger partial charge in [0.1, 0.15) is 12.4 Å². The summed E-state index contributed by atoms with van der Waals surface area (Å²) in [7, 11) is 0. The molecule has 2 aromatic carbocycles. The summed E-state index contributed by atoms with van der Waals surface area (Å²) < 4.78 is 5.74. The molecule has 3 unspecified atom stereocenters.